The number of hydrogen-bond donors (Lipinski definition) is 2. The number of anilines is 1. The number of carbonyl (C=O) groups excluding carboxylic acids is 1. The first kappa shape index (κ1) is 22.5. The minimum Gasteiger partial charge on any atom is -0.322 e. The molecule has 0 saturated heterocycles. The van der Waals surface area contributed by atoms with E-state index in [1.165, 1.54) is 0 Å². The van der Waals surface area contributed by atoms with Crippen molar-refractivity contribution >= 4 is 21.6 Å². The van der Waals surface area contributed by atoms with Gasteiger partial charge in [-0.3, -0.25) is 4.79 Å². The van der Waals surface area contributed by atoms with Crippen LogP contribution in [0, 0.1) is 6.92 Å². The Balaban J connectivity index is 1.43. The van der Waals surface area contributed by atoms with Gasteiger partial charge in [-0.15, -0.1) is 0 Å². The van der Waals surface area contributed by atoms with Crippen molar-refractivity contribution in [3.05, 3.63) is 120 Å². The van der Waals surface area contributed by atoms with Crippen LogP contribution in [0.5, 0.6) is 0 Å². The van der Waals surface area contributed by atoms with Crippen molar-refractivity contribution < 1.29 is 13.2 Å². The maximum absolute atomic E-state index is 12.6. The molecule has 0 aliphatic carbocycles. The highest BCUT2D eigenvalue weighted by Gasteiger charge is 2.14. The molecule has 0 spiro atoms. The van der Waals surface area contributed by atoms with Gasteiger partial charge in [0.15, 0.2) is 0 Å². The summed E-state index contributed by atoms with van der Waals surface area (Å²) in [4.78, 5) is 12.8. The van der Waals surface area contributed by atoms with Gasteiger partial charge in [0.2, 0.25) is 10.0 Å². The van der Waals surface area contributed by atoms with Crippen LogP contribution in [-0.2, 0) is 16.6 Å². The fourth-order valence-corrected chi connectivity index (χ4v) is 4.42. The molecule has 0 aliphatic heterocycles. The highest BCUT2D eigenvalue weighted by Crippen LogP contribution is 2.23. The number of sulfonamides is 1. The van der Waals surface area contributed by atoms with Crippen LogP contribution in [0.1, 0.15) is 21.5 Å². The van der Waals surface area contributed by atoms with E-state index >= 15 is 0 Å². The number of nitrogens with one attached hydrogen (secondary N) is 2. The summed E-state index contributed by atoms with van der Waals surface area (Å²) < 4.78 is 27.8. The molecule has 33 heavy (non-hydrogen) atoms. The average molecular weight is 457 g/mol. The molecule has 0 bridgehead atoms. The predicted molar refractivity (Wildman–Crippen MR) is 131 cm³/mol. The Morgan fingerprint density at radius 1 is 0.727 bits per heavy atom. The topological polar surface area (TPSA) is 75.3 Å². The lowest BCUT2D eigenvalue weighted by atomic mass is 10.0. The fourth-order valence-electron chi connectivity index (χ4n) is 3.41. The number of aryl methyl sites for hydroxylation is 1. The Hall–Kier alpha value is -3.74. The smallest absolute Gasteiger partial charge is 0.255 e. The first-order chi connectivity index (χ1) is 15.9. The van der Waals surface area contributed by atoms with E-state index in [2.05, 4.69) is 10.0 Å². The molecule has 0 unspecified atom stereocenters. The van der Waals surface area contributed by atoms with Gasteiger partial charge in [0.05, 0.1) is 4.90 Å². The maximum Gasteiger partial charge on any atom is 0.255 e. The van der Waals surface area contributed by atoms with Crippen molar-refractivity contribution in [2.24, 2.45) is 0 Å². The Morgan fingerprint density at radius 3 is 1.94 bits per heavy atom. The Labute approximate surface area is 194 Å². The van der Waals surface area contributed by atoms with Gasteiger partial charge in [-0.25, -0.2) is 13.1 Å². The van der Waals surface area contributed by atoms with Gasteiger partial charge in [-0.1, -0.05) is 72.8 Å². The van der Waals surface area contributed by atoms with Crippen LogP contribution in [-0.4, -0.2) is 14.3 Å². The van der Waals surface area contributed by atoms with Crippen LogP contribution in [0.3, 0.4) is 0 Å². The Bertz CT molecular complexity index is 1350. The molecule has 5 nitrogen and oxygen atoms in total. The summed E-state index contributed by atoms with van der Waals surface area (Å²) >= 11 is 0. The normalized spacial score (nSPS) is 11.2. The molecule has 0 saturated carbocycles. The summed E-state index contributed by atoms with van der Waals surface area (Å²) in [6.07, 6.45) is 0. The number of para-hydroxylation sites is 1. The molecule has 1 amide bonds. The molecule has 4 rings (SSSR count). The minimum atomic E-state index is -3.61. The first-order valence-electron chi connectivity index (χ1n) is 10.5. The highest BCUT2D eigenvalue weighted by atomic mass is 32.2. The molecule has 0 heterocycles. The van der Waals surface area contributed by atoms with E-state index in [4.69, 9.17) is 0 Å². The third kappa shape index (κ3) is 5.55. The monoisotopic (exact) mass is 456 g/mol. The molecular weight excluding hydrogens is 432 g/mol. The van der Waals surface area contributed by atoms with Crippen molar-refractivity contribution in [1.29, 1.82) is 0 Å². The molecule has 4 aromatic carbocycles. The molecule has 0 atom stereocenters. The number of rotatable bonds is 7. The summed E-state index contributed by atoms with van der Waals surface area (Å²) in [5.74, 6) is -0.179. The van der Waals surface area contributed by atoms with Crippen molar-refractivity contribution in [3.63, 3.8) is 0 Å². The zero-order chi connectivity index (χ0) is 23.3. The molecule has 0 aromatic heterocycles. The zero-order valence-electron chi connectivity index (χ0n) is 18.2. The predicted octanol–water partition coefficient (Wildman–Crippen LogP) is 5.39. The van der Waals surface area contributed by atoms with E-state index in [1.807, 2.05) is 73.7 Å². The largest absolute Gasteiger partial charge is 0.322 e. The van der Waals surface area contributed by atoms with E-state index in [1.54, 1.807) is 36.4 Å². The van der Waals surface area contributed by atoms with Crippen LogP contribution >= 0.6 is 0 Å². The van der Waals surface area contributed by atoms with Gasteiger partial charge in [-0.2, -0.15) is 0 Å². The van der Waals surface area contributed by atoms with Gasteiger partial charge >= 0.3 is 0 Å². The lowest BCUT2D eigenvalue weighted by Gasteiger charge is -2.10. The van der Waals surface area contributed by atoms with Gasteiger partial charge < -0.3 is 5.32 Å². The fraction of sp³-hybridized carbons (Fsp3) is 0.0741. The second-order valence-corrected chi connectivity index (χ2v) is 9.45. The van der Waals surface area contributed by atoms with Crippen LogP contribution in [0.4, 0.5) is 5.69 Å². The average Bonchev–Trinajstić information content (AvgIpc) is 2.85. The van der Waals surface area contributed by atoms with E-state index in [-0.39, 0.29) is 17.3 Å². The first-order valence-corrected chi connectivity index (χ1v) is 12.0. The lowest BCUT2D eigenvalue weighted by molar-refractivity contribution is 0.102. The van der Waals surface area contributed by atoms with Crippen molar-refractivity contribution in [2.45, 2.75) is 18.4 Å². The molecule has 0 fully saturated rings. The quantitative estimate of drug-likeness (QED) is 0.391. The van der Waals surface area contributed by atoms with Gasteiger partial charge in [0.1, 0.15) is 0 Å². The van der Waals surface area contributed by atoms with Crippen LogP contribution in [0.2, 0.25) is 0 Å². The maximum atomic E-state index is 12.6. The standard InChI is InChI=1S/C27H24N2O3S/c1-20-7-5-6-10-26(20)29-27(30)24-13-11-22(12-14-24)23-15-17-25(18-16-23)33(31,32)28-19-21-8-3-2-4-9-21/h2-18,28H,19H2,1H3,(H,29,30). The highest BCUT2D eigenvalue weighted by molar-refractivity contribution is 7.89. The Kier molecular flexibility index (Phi) is 6.68. The molecule has 6 heteroatoms. The number of benzene rings is 4. The number of carbonyl (C=O) groups is 1. The number of hydrogen-bond acceptors (Lipinski definition) is 3. The van der Waals surface area contributed by atoms with Crippen LogP contribution < -0.4 is 10.0 Å². The summed E-state index contributed by atoms with van der Waals surface area (Å²) in [7, 11) is -3.61. The molecule has 166 valence electrons. The van der Waals surface area contributed by atoms with E-state index < -0.39 is 10.0 Å². The second-order valence-electron chi connectivity index (χ2n) is 7.68. The van der Waals surface area contributed by atoms with Crippen LogP contribution in [0.15, 0.2) is 108 Å². The third-order valence-electron chi connectivity index (χ3n) is 5.35. The minimum absolute atomic E-state index is 0.179. The SMILES string of the molecule is Cc1ccccc1NC(=O)c1ccc(-c2ccc(S(=O)(=O)NCc3ccccc3)cc2)cc1. The van der Waals surface area contributed by atoms with E-state index in [0.717, 1.165) is 27.9 Å². The third-order valence-corrected chi connectivity index (χ3v) is 6.76. The van der Waals surface area contributed by atoms with E-state index in [0.29, 0.717) is 5.56 Å². The summed E-state index contributed by atoms with van der Waals surface area (Å²) in [5, 5.41) is 2.92. The van der Waals surface area contributed by atoms with Crippen molar-refractivity contribution in [1.82, 2.24) is 4.72 Å². The van der Waals surface area contributed by atoms with Gasteiger partial charge in [0, 0.05) is 17.8 Å². The molecule has 2 N–H and O–H groups in total. The van der Waals surface area contributed by atoms with Crippen molar-refractivity contribution in [3.8, 4) is 11.1 Å². The second kappa shape index (κ2) is 9.81. The van der Waals surface area contributed by atoms with Crippen LogP contribution in [0.25, 0.3) is 11.1 Å². The molecule has 0 aliphatic rings. The van der Waals surface area contributed by atoms with Gasteiger partial charge in [-0.05, 0) is 59.5 Å². The molecule has 4 aromatic rings. The lowest BCUT2D eigenvalue weighted by Crippen LogP contribution is -2.23. The summed E-state index contributed by atoms with van der Waals surface area (Å²) in [5.41, 5.74) is 4.97. The van der Waals surface area contributed by atoms with Crippen molar-refractivity contribution in [2.75, 3.05) is 5.32 Å². The number of amides is 1. The summed E-state index contributed by atoms with van der Waals surface area (Å²) in [6.45, 7) is 2.18. The molecule has 0 radical (unpaired) electrons. The molecular formula is C27H24N2O3S. The Morgan fingerprint density at radius 2 is 1.30 bits per heavy atom. The van der Waals surface area contributed by atoms with E-state index in [9.17, 15) is 13.2 Å². The van der Waals surface area contributed by atoms with Gasteiger partial charge in [0.25, 0.3) is 5.91 Å². The summed E-state index contributed by atoms with van der Waals surface area (Å²) in [6, 6.07) is 30.9. The zero-order valence-corrected chi connectivity index (χ0v) is 19.0.